The van der Waals surface area contributed by atoms with E-state index in [1.165, 1.54) is 6.42 Å². The monoisotopic (exact) mass is 425 g/mol. The number of fused-ring (bicyclic) bond motifs is 2. The molecule has 1 atom stereocenters. The molecule has 0 amide bonds. The summed E-state index contributed by atoms with van der Waals surface area (Å²) in [7, 11) is -3.62. The number of pyridine rings is 1. The molecule has 1 unspecified atom stereocenters. The molecule has 30 heavy (non-hydrogen) atoms. The summed E-state index contributed by atoms with van der Waals surface area (Å²) in [5.41, 5.74) is 1.72. The van der Waals surface area contributed by atoms with Crippen molar-refractivity contribution in [3.63, 3.8) is 0 Å². The van der Waals surface area contributed by atoms with Gasteiger partial charge in [0.25, 0.3) is 0 Å². The van der Waals surface area contributed by atoms with Gasteiger partial charge in [-0.25, -0.2) is 8.42 Å². The normalized spacial score (nSPS) is 20.8. The first kappa shape index (κ1) is 19.6. The lowest BCUT2D eigenvalue weighted by molar-refractivity contribution is 0.304. The number of piperidine rings is 1. The van der Waals surface area contributed by atoms with E-state index in [9.17, 15) is 8.42 Å². The Morgan fingerprint density at radius 1 is 1.03 bits per heavy atom. The Bertz CT molecular complexity index is 1190. The Morgan fingerprint density at radius 2 is 1.93 bits per heavy atom. The largest absolute Gasteiger partial charge is 0.315 e. The highest BCUT2D eigenvalue weighted by Gasteiger charge is 2.34. The van der Waals surface area contributed by atoms with Crippen molar-refractivity contribution >= 4 is 20.9 Å². The molecule has 1 saturated heterocycles. The summed E-state index contributed by atoms with van der Waals surface area (Å²) < 4.78 is 31.1. The van der Waals surface area contributed by atoms with Gasteiger partial charge in [0, 0.05) is 43.6 Å². The van der Waals surface area contributed by atoms with Gasteiger partial charge in [0.15, 0.2) is 0 Å². The second-order valence-corrected chi connectivity index (χ2v) is 10.3. The predicted molar refractivity (Wildman–Crippen MR) is 115 cm³/mol. The van der Waals surface area contributed by atoms with E-state index in [0.29, 0.717) is 23.4 Å². The average molecular weight is 426 g/mol. The highest BCUT2D eigenvalue weighted by atomic mass is 32.2. The number of hydrogen-bond acceptors (Lipinski definition) is 5. The summed E-state index contributed by atoms with van der Waals surface area (Å²) in [6, 6.07) is 7.22. The first-order valence-corrected chi connectivity index (χ1v) is 12.3. The summed E-state index contributed by atoms with van der Waals surface area (Å²) in [5.74, 6) is 2.10. The van der Waals surface area contributed by atoms with Crippen LogP contribution in [0.3, 0.4) is 0 Å². The fraction of sp³-hybridized carbons (Fsp3) is 0.500. The molecular weight excluding hydrogens is 398 g/mol. The maximum absolute atomic E-state index is 13.6. The molecule has 0 saturated carbocycles. The molecule has 2 aliphatic heterocycles. The van der Waals surface area contributed by atoms with Gasteiger partial charge in [0.2, 0.25) is 10.0 Å². The van der Waals surface area contributed by atoms with Crippen molar-refractivity contribution in [3.05, 3.63) is 47.7 Å². The molecule has 0 spiro atoms. The molecular formula is C22H27N5O2S. The Hall–Kier alpha value is -2.32. The van der Waals surface area contributed by atoms with Crippen LogP contribution in [0, 0.1) is 6.92 Å². The number of aromatic nitrogens is 4. The third-order valence-corrected chi connectivity index (χ3v) is 8.36. The third kappa shape index (κ3) is 3.32. The second kappa shape index (κ2) is 7.74. The fourth-order valence-corrected chi connectivity index (χ4v) is 6.54. The second-order valence-electron chi connectivity index (χ2n) is 8.42. The minimum Gasteiger partial charge on any atom is -0.315 e. The van der Waals surface area contributed by atoms with Gasteiger partial charge < -0.3 is 4.57 Å². The molecule has 3 aromatic rings. The van der Waals surface area contributed by atoms with Crippen LogP contribution in [-0.2, 0) is 23.0 Å². The van der Waals surface area contributed by atoms with Gasteiger partial charge in [-0.3, -0.25) is 4.98 Å². The Labute approximate surface area is 177 Å². The summed E-state index contributed by atoms with van der Waals surface area (Å²) in [6.07, 6.45) is 7.94. The van der Waals surface area contributed by atoms with Crippen molar-refractivity contribution in [1.82, 2.24) is 24.1 Å². The van der Waals surface area contributed by atoms with Gasteiger partial charge in [-0.05, 0) is 56.4 Å². The summed E-state index contributed by atoms with van der Waals surface area (Å²) in [5, 5.41) is 9.61. The molecule has 8 heteroatoms. The van der Waals surface area contributed by atoms with Gasteiger partial charge in [-0.1, -0.05) is 12.5 Å². The molecule has 0 N–H and O–H groups in total. The van der Waals surface area contributed by atoms with Crippen molar-refractivity contribution < 1.29 is 8.42 Å². The molecule has 1 fully saturated rings. The quantitative estimate of drug-likeness (QED) is 0.642. The average Bonchev–Trinajstić information content (AvgIpc) is 3.02. The molecule has 158 valence electrons. The maximum Gasteiger partial charge on any atom is 0.243 e. The van der Waals surface area contributed by atoms with E-state index in [1.54, 1.807) is 22.6 Å². The first-order chi connectivity index (χ1) is 14.6. The SMILES string of the molecule is Cc1ccc(S(=O)(=O)N2CCCC(c3nnc4n3CCCCC4)C2)c2cccnc12. The molecule has 0 aliphatic carbocycles. The van der Waals surface area contributed by atoms with Crippen molar-refractivity contribution in [2.75, 3.05) is 13.1 Å². The van der Waals surface area contributed by atoms with Crippen molar-refractivity contribution in [3.8, 4) is 0 Å². The van der Waals surface area contributed by atoms with Crippen LogP contribution in [0.25, 0.3) is 10.9 Å². The van der Waals surface area contributed by atoms with Crippen molar-refractivity contribution in [2.45, 2.75) is 62.8 Å². The van der Waals surface area contributed by atoms with E-state index in [2.05, 4.69) is 19.7 Å². The summed E-state index contributed by atoms with van der Waals surface area (Å²) in [6.45, 7) is 3.89. The number of benzene rings is 1. The minimum absolute atomic E-state index is 0.0858. The van der Waals surface area contributed by atoms with Crippen LogP contribution in [0.2, 0.25) is 0 Å². The number of rotatable bonds is 3. The Balaban J connectivity index is 1.48. The van der Waals surface area contributed by atoms with Crippen LogP contribution in [0.1, 0.15) is 55.2 Å². The van der Waals surface area contributed by atoms with Crippen molar-refractivity contribution in [2.24, 2.45) is 0 Å². The van der Waals surface area contributed by atoms with E-state index in [1.807, 2.05) is 19.1 Å². The van der Waals surface area contributed by atoms with E-state index in [-0.39, 0.29) is 5.92 Å². The van der Waals surface area contributed by atoms with E-state index < -0.39 is 10.0 Å². The van der Waals surface area contributed by atoms with Gasteiger partial charge in [-0.15, -0.1) is 10.2 Å². The number of nitrogens with zero attached hydrogens (tertiary/aromatic N) is 5. The molecule has 2 aromatic heterocycles. The fourth-order valence-electron chi connectivity index (χ4n) is 4.83. The van der Waals surface area contributed by atoms with Crippen LogP contribution >= 0.6 is 0 Å². The standard InChI is InChI=1S/C22H27N5O2S/c1-16-10-11-19(18-8-5-12-23-21(16)18)30(28,29)26-13-6-7-17(15-26)22-25-24-20-9-3-2-4-14-27(20)22/h5,8,10-12,17H,2-4,6-7,9,13-15H2,1H3. The molecule has 7 nitrogen and oxygen atoms in total. The highest BCUT2D eigenvalue weighted by Crippen LogP contribution is 2.33. The Morgan fingerprint density at radius 3 is 2.83 bits per heavy atom. The number of sulfonamides is 1. The van der Waals surface area contributed by atoms with Crippen LogP contribution in [0.5, 0.6) is 0 Å². The van der Waals surface area contributed by atoms with Gasteiger partial charge >= 0.3 is 0 Å². The van der Waals surface area contributed by atoms with Crippen LogP contribution in [-0.4, -0.2) is 45.6 Å². The van der Waals surface area contributed by atoms with E-state index in [4.69, 9.17) is 0 Å². The van der Waals surface area contributed by atoms with Crippen LogP contribution in [0.4, 0.5) is 0 Å². The van der Waals surface area contributed by atoms with Gasteiger partial charge in [0.1, 0.15) is 11.6 Å². The first-order valence-electron chi connectivity index (χ1n) is 10.8. The zero-order chi connectivity index (χ0) is 20.7. The van der Waals surface area contributed by atoms with E-state index >= 15 is 0 Å². The Kier molecular flexibility index (Phi) is 5.06. The molecule has 4 heterocycles. The third-order valence-electron chi connectivity index (χ3n) is 6.44. The highest BCUT2D eigenvalue weighted by molar-refractivity contribution is 7.89. The van der Waals surface area contributed by atoms with E-state index in [0.717, 1.165) is 61.4 Å². The molecule has 0 bridgehead atoms. The molecule has 0 radical (unpaired) electrons. The molecule has 1 aromatic carbocycles. The predicted octanol–water partition coefficient (Wildman–Crippen LogP) is 3.43. The van der Waals surface area contributed by atoms with Crippen LogP contribution in [0.15, 0.2) is 35.4 Å². The summed E-state index contributed by atoms with van der Waals surface area (Å²) in [4.78, 5) is 4.75. The zero-order valence-electron chi connectivity index (χ0n) is 17.3. The van der Waals surface area contributed by atoms with Gasteiger partial charge in [-0.2, -0.15) is 4.31 Å². The van der Waals surface area contributed by atoms with Crippen molar-refractivity contribution in [1.29, 1.82) is 0 Å². The van der Waals surface area contributed by atoms with Crippen LogP contribution < -0.4 is 0 Å². The number of hydrogen-bond donors (Lipinski definition) is 0. The molecule has 5 rings (SSSR count). The lowest BCUT2D eigenvalue weighted by Gasteiger charge is -2.32. The molecule has 2 aliphatic rings. The zero-order valence-corrected chi connectivity index (χ0v) is 18.1. The lowest BCUT2D eigenvalue weighted by Crippen LogP contribution is -2.39. The number of aryl methyl sites for hydroxylation is 2. The maximum atomic E-state index is 13.6. The minimum atomic E-state index is -3.62. The van der Waals surface area contributed by atoms with Gasteiger partial charge in [0.05, 0.1) is 10.4 Å². The lowest BCUT2D eigenvalue weighted by atomic mass is 9.99. The smallest absolute Gasteiger partial charge is 0.243 e. The summed E-state index contributed by atoms with van der Waals surface area (Å²) >= 11 is 0. The topological polar surface area (TPSA) is 81.0 Å².